The molecule has 1 amide bonds. The molecule has 1 aromatic carbocycles. The van der Waals surface area contributed by atoms with Crippen molar-refractivity contribution >= 4 is 32.7 Å². The maximum Gasteiger partial charge on any atom is 0.241 e. The zero-order valence-electron chi connectivity index (χ0n) is 11.5. The van der Waals surface area contributed by atoms with Gasteiger partial charge in [0.2, 0.25) is 15.9 Å². The summed E-state index contributed by atoms with van der Waals surface area (Å²) in [5, 5.41) is 3.78. The van der Waals surface area contributed by atoms with Crippen LogP contribution in [0.5, 0.6) is 0 Å². The molecule has 0 unspecified atom stereocenters. The zero-order chi connectivity index (χ0) is 15.5. The minimum atomic E-state index is -3.76. The van der Waals surface area contributed by atoms with Crippen LogP contribution in [0.25, 0.3) is 10.9 Å². The number of hydrogen-bond acceptors (Lipinski definition) is 5. The number of fused-ring (bicyclic) bond motifs is 1. The van der Waals surface area contributed by atoms with Crippen LogP contribution in [0.4, 0.5) is 5.82 Å². The van der Waals surface area contributed by atoms with Crippen LogP contribution in [0.3, 0.4) is 0 Å². The highest BCUT2D eigenvalue weighted by molar-refractivity contribution is 7.89. The van der Waals surface area contributed by atoms with Gasteiger partial charge in [-0.3, -0.25) is 4.79 Å². The molecule has 0 saturated heterocycles. The molecule has 7 nitrogen and oxygen atoms in total. The number of rotatable bonds is 6. The van der Waals surface area contributed by atoms with Crippen molar-refractivity contribution in [2.75, 3.05) is 18.4 Å². The second kappa shape index (κ2) is 6.06. The lowest BCUT2D eigenvalue weighted by Crippen LogP contribution is -2.33. The molecule has 21 heavy (non-hydrogen) atoms. The van der Waals surface area contributed by atoms with E-state index in [-0.39, 0.29) is 4.90 Å². The number of nitrogens with zero attached hydrogens (tertiary/aromatic N) is 1. The fourth-order valence-electron chi connectivity index (χ4n) is 1.80. The summed E-state index contributed by atoms with van der Waals surface area (Å²) in [6, 6.07) is 8.12. The van der Waals surface area contributed by atoms with Crippen LogP contribution >= 0.6 is 0 Å². The third kappa shape index (κ3) is 3.67. The van der Waals surface area contributed by atoms with Gasteiger partial charge in [0.1, 0.15) is 5.82 Å². The first-order valence-corrected chi connectivity index (χ1v) is 7.83. The van der Waals surface area contributed by atoms with Crippen molar-refractivity contribution in [1.29, 1.82) is 0 Å². The van der Waals surface area contributed by atoms with Crippen LogP contribution in [0.15, 0.2) is 35.2 Å². The summed E-state index contributed by atoms with van der Waals surface area (Å²) in [6.07, 6.45) is 0. The van der Waals surface area contributed by atoms with Gasteiger partial charge in [0.25, 0.3) is 0 Å². The molecule has 0 aliphatic carbocycles. The smallest absolute Gasteiger partial charge is 0.241 e. The maximum atomic E-state index is 12.0. The van der Waals surface area contributed by atoms with Crippen LogP contribution in [0, 0.1) is 0 Å². The van der Waals surface area contributed by atoms with Gasteiger partial charge in [-0.15, -0.1) is 0 Å². The molecule has 8 heteroatoms. The number of pyridine rings is 1. The minimum absolute atomic E-state index is 0.0641. The first-order chi connectivity index (χ1) is 9.92. The Morgan fingerprint density at radius 2 is 2.05 bits per heavy atom. The van der Waals surface area contributed by atoms with E-state index in [1.165, 1.54) is 12.1 Å². The molecular formula is C13H16N4O3S. The van der Waals surface area contributed by atoms with Crippen LogP contribution in [-0.4, -0.2) is 32.4 Å². The van der Waals surface area contributed by atoms with E-state index in [1.807, 2.05) is 6.92 Å². The van der Waals surface area contributed by atoms with Gasteiger partial charge in [-0.25, -0.2) is 18.1 Å². The fourth-order valence-corrected chi connectivity index (χ4v) is 2.83. The fraction of sp³-hybridized carbons (Fsp3) is 0.231. The first kappa shape index (κ1) is 15.2. The van der Waals surface area contributed by atoms with E-state index in [1.54, 1.807) is 18.2 Å². The molecular weight excluding hydrogens is 292 g/mol. The number of carbonyl (C=O) groups excluding carboxylic acids is 1. The number of sulfonamides is 1. The molecule has 0 aliphatic heterocycles. The number of hydrogen-bond donors (Lipinski definition) is 3. The lowest BCUT2D eigenvalue weighted by atomic mass is 10.2. The molecule has 2 rings (SSSR count). The van der Waals surface area contributed by atoms with Crippen LogP contribution in [0.2, 0.25) is 0 Å². The average molecular weight is 308 g/mol. The van der Waals surface area contributed by atoms with Crippen LogP contribution in [0.1, 0.15) is 6.92 Å². The van der Waals surface area contributed by atoms with Gasteiger partial charge in [0.05, 0.1) is 17.0 Å². The maximum absolute atomic E-state index is 12.0. The summed E-state index contributed by atoms with van der Waals surface area (Å²) < 4.78 is 26.1. The van der Waals surface area contributed by atoms with Crippen molar-refractivity contribution in [2.45, 2.75) is 11.8 Å². The van der Waals surface area contributed by atoms with Crippen molar-refractivity contribution in [1.82, 2.24) is 9.71 Å². The lowest BCUT2D eigenvalue weighted by molar-refractivity contribution is -0.116. The molecule has 4 N–H and O–H groups in total. The van der Waals surface area contributed by atoms with E-state index in [2.05, 4.69) is 15.0 Å². The minimum Gasteiger partial charge on any atom is -0.370 e. The molecule has 1 aromatic heterocycles. The van der Waals surface area contributed by atoms with E-state index < -0.39 is 22.5 Å². The molecule has 2 aromatic rings. The molecule has 0 saturated carbocycles. The number of benzene rings is 1. The van der Waals surface area contributed by atoms with Crippen molar-refractivity contribution in [3.8, 4) is 0 Å². The molecule has 112 valence electrons. The monoisotopic (exact) mass is 308 g/mol. The Bertz CT molecular complexity index is 774. The van der Waals surface area contributed by atoms with Crippen molar-refractivity contribution in [3.63, 3.8) is 0 Å². The summed E-state index contributed by atoms with van der Waals surface area (Å²) in [5.41, 5.74) is 5.61. The summed E-state index contributed by atoms with van der Waals surface area (Å²) in [4.78, 5) is 15.1. The second-order valence-electron chi connectivity index (χ2n) is 4.37. The van der Waals surface area contributed by atoms with E-state index in [0.29, 0.717) is 10.9 Å². The average Bonchev–Trinajstić information content (AvgIpc) is 2.45. The predicted molar refractivity (Wildman–Crippen MR) is 80.3 cm³/mol. The van der Waals surface area contributed by atoms with Crippen molar-refractivity contribution < 1.29 is 13.2 Å². The predicted octanol–water partition coefficient (Wildman–Crippen LogP) is 0.430. The van der Waals surface area contributed by atoms with E-state index in [4.69, 9.17) is 5.73 Å². The van der Waals surface area contributed by atoms with Gasteiger partial charge in [0, 0.05) is 11.9 Å². The highest BCUT2D eigenvalue weighted by atomic mass is 32.2. The quantitative estimate of drug-likeness (QED) is 0.716. The first-order valence-electron chi connectivity index (χ1n) is 6.35. The van der Waals surface area contributed by atoms with E-state index in [9.17, 15) is 13.2 Å². The molecule has 1 heterocycles. The number of nitrogens with one attached hydrogen (secondary N) is 2. The van der Waals surface area contributed by atoms with Gasteiger partial charge in [0.15, 0.2) is 0 Å². The Hall–Kier alpha value is -2.19. The number of amides is 1. The number of anilines is 1. The van der Waals surface area contributed by atoms with E-state index in [0.717, 1.165) is 12.4 Å². The lowest BCUT2D eigenvalue weighted by Gasteiger charge is -2.07. The van der Waals surface area contributed by atoms with Crippen molar-refractivity contribution in [3.05, 3.63) is 30.3 Å². The van der Waals surface area contributed by atoms with Gasteiger partial charge < -0.3 is 11.1 Å². The summed E-state index contributed by atoms with van der Waals surface area (Å²) in [6.45, 7) is 2.28. The number of primary amides is 1. The Labute approximate surface area is 122 Å². The molecule has 0 bridgehead atoms. The van der Waals surface area contributed by atoms with Crippen LogP contribution < -0.4 is 15.8 Å². The highest BCUT2D eigenvalue weighted by Gasteiger charge is 2.15. The Balaban J connectivity index is 2.34. The van der Waals surface area contributed by atoms with Gasteiger partial charge >= 0.3 is 0 Å². The molecule has 0 atom stereocenters. The topological polar surface area (TPSA) is 114 Å². The Kier molecular flexibility index (Phi) is 4.39. The third-order valence-electron chi connectivity index (χ3n) is 2.77. The largest absolute Gasteiger partial charge is 0.370 e. The zero-order valence-corrected chi connectivity index (χ0v) is 12.3. The molecule has 0 fully saturated rings. The molecule has 0 aliphatic rings. The molecule has 0 spiro atoms. The van der Waals surface area contributed by atoms with Gasteiger partial charge in [-0.05, 0) is 37.3 Å². The second-order valence-corrected chi connectivity index (χ2v) is 6.14. The highest BCUT2D eigenvalue weighted by Crippen LogP contribution is 2.19. The summed E-state index contributed by atoms with van der Waals surface area (Å²) in [7, 11) is -3.76. The number of aromatic nitrogens is 1. The summed E-state index contributed by atoms with van der Waals surface area (Å²) >= 11 is 0. The van der Waals surface area contributed by atoms with Gasteiger partial charge in [-0.2, -0.15) is 0 Å². The Morgan fingerprint density at radius 3 is 2.71 bits per heavy atom. The van der Waals surface area contributed by atoms with E-state index >= 15 is 0 Å². The third-order valence-corrected chi connectivity index (χ3v) is 4.16. The SMILES string of the molecule is CCNc1ccc2cc(S(=O)(=O)NCC(N)=O)ccc2n1. The number of nitrogens with two attached hydrogens (primary N) is 1. The van der Waals surface area contributed by atoms with Gasteiger partial charge in [-0.1, -0.05) is 0 Å². The normalized spacial score (nSPS) is 11.5. The summed E-state index contributed by atoms with van der Waals surface area (Å²) in [5.74, 6) is -0.0104. The molecule has 0 radical (unpaired) electrons. The standard InChI is InChI=1S/C13H16N4O3S/c1-2-15-13-6-3-9-7-10(4-5-11(9)17-13)21(19,20)16-8-12(14)18/h3-7,16H,2,8H2,1H3,(H2,14,18)(H,15,17). The Morgan fingerprint density at radius 1 is 1.29 bits per heavy atom. The van der Waals surface area contributed by atoms with Crippen LogP contribution in [-0.2, 0) is 14.8 Å². The number of carbonyl (C=O) groups is 1. The van der Waals surface area contributed by atoms with Crippen molar-refractivity contribution in [2.24, 2.45) is 5.73 Å².